The standard InChI is InChI=1S/C12H14N4.Pb/c13-8-3-1-7(2-4-8)9-5-6-10(14)12(16)11(9)15;/h1-6H,13-16H2;. The third-order valence-electron chi connectivity index (χ3n) is 2.54. The van der Waals surface area contributed by atoms with Crippen molar-refractivity contribution in [3.8, 4) is 11.1 Å². The third kappa shape index (κ3) is 2.63. The molecule has 5 heteroatoms. The first-order chi connectivity index (χ1) is 7.59. The van der Waals surface area contributed by atoms with E-state index in [0.29, 0.717) is 22.7 Å². The first-order valence-electron chi connectivity index (χ1n) is 4.89. The molecule has 0 amide bonds. The molecule has 0 unspecified atom stereocenters. The van der Waals surface area contributed by atoms with Gasteiger partial charge in [0.05, 0.1) is 17.1 Å². The molecule has 0 aliphatic heterocycles. The predicted octanol–water partition coefficient (Wildman–Crippen LogP) is 1.30. The van der Waals surface area contributed by atoms with Crippen molar-refractivity contribution in [3.05, 3.63) is 36.4 Å². The second-order valence-corrected chi connectivity index (χ2v) is 3.65. The van der Waals surface area contributed by atoms with Crippen LogP contribution in [-0.4, -0.2) is 27.3 Å². The van der Waals surface area contributed by atoms with Gasteiger partial charge in [-0.05, 0) is 23.8 Å². The third-order valence-corrected chi connectivity index (χ3v) is 2.54. The van der Waals surface area contributed by atoms with Crippen molar-refractivity contribution in [1.82, 2.24) is 0 Å². The molecule has 0 heterocycles. The summed E-state index contributed by atoms with van der Waals surface area (Å²) in [4.78, 5) is 0. The van der Waals surface area contributed by atoms with Crippen LogP contribution in [0.3, 0.4) is 0 Å². The Morgan fingerprint density at radius 2 is 1.24 bits per heavy atom. The second kappa shape index (κ2) is 5.26. The molecule has 0 saturated heterocycles. The quantitative estimate of drug-likeness (QED) is 0.412. The van der Waals surface area contributed by atoms with Crippen LogP contribution in [0.15, 0.2) is 36.4 Å². The van der Waals surface area contributed by atoms with Gasteiger partial charge in [-0.3, -0.25) is 0 Å². The Labute approximate surface area is 120 Å². The van der Waals surface area contributed by atoms with Crippen molar-refractivity contribution in [3.63, 3.8) is 0 Å². The Hall–Kier alpha value is -1.44. The molecule has 0 aliphatic rings. The Morgan fingerprint density at radius 3 is 1.82 bits per heavy atom. The minimum atomic E-state index is 0. The molecule has 2 aromatic carbocycles. The van der Waals surface area contributed by atoms with Crippen molar-refractivity contribution >= 4 is 50.0 Å². The molecule has 8 N–H and O–H groups in total. The van der Waals surface area contributed by atoms with Gasteiger partial charge < -0.3 is 22.9 Å². The molecule has 0 bridgehead atoms. The normalized spacial score (nSPS) is 9.65. The summed E-state index contributed by atoms with van der Waals surface area (Å²) in [5.74, 6) is 0. The molecule has 0 fully saturated rings. The zero-order chi connectivity index (χ0) is 11.7. The van der Waals surface area contributed by atoms with Crippen molar-refractivity contribution in [1.29, 1.82) is 0 Å². The number of anilines is 4. The SMILES string of the molecule is Nc1ccc(-c2ccc(N)c(N)c2N)cc1.[Pb]. The number of benzene rings is 2. The summed E-state index contributed by atoms with van der Waals surface area (Å²) in [6, 6.07) is 11.0. The van der Waals surface area contributed by atoms with Crippen LogP contribution in [0.2, 0.25) is 0 Å². The van der Waals surface area contributed by atoms with Gasteiger partial charge in [-0.15, -0.1) is 0 Å². The topological polar surface area (TPSA) is 104 Å². The maximum Gasteiger partial charge on any atom is 0.0787 e. The summed E-state index contributed by atoms with van der Waals surface area (Å²) < 4.78 is 0. The Balaban J connectivity index is 0.00000144. The van der Waals surface area contributed by atoms with E-state index in [4.69, 9.17) is 22.9 Å². The molecule has 86 valence electrons. The summed E-state index contributed by atoms with van der Waals surface area (Å²) in [6.45, 7) is 0. The number of nitrogen functional groups attached to an aromatic ring is 4. The number of rotatable bonds is 1. The van der Waals surface area contributed by atoms with E-state index in [1.54, 1.807) is 6.07 Å². The Kier molecular flexibility index (Phi) is 4.22. The number of hydrogen-bond donors (Lipinski definition) is 4. The van der Waals surface area contributed by atoms with Crippen molar-refractivity contribution < 1.29 is 0 Å². The van der Waals surface area contributed by atoms with E-state index in [9.17, 15) is 0 Å². The van der Waals surface area contributed by atoms with E-state index in [1.807, 2.05) is 30.3 Å². The molecule has 0 aliphatic carbocycles. The van der Waals surface area contributed by atoms with Crippen molar-refractivity contribution in [2.45, 2.75) is 0 Å². The monoisotopic (exact) mass is 422 g/mol. The minimum absolute atomic E-state index is 0. The van der Waals surface area contributed by atoms with Gasteiger partial charge in [0, 0.05) is 38.5 Å². The maximum absolute atomic E-state index is 5.92. The van der Waals surface area contributed by atoms with Crippen LogP contribution in [0.5, 0.6) is 0 Å². The first kappa shape index (κ1) is 13.6. The van der Waals surface area contributed by atoms with E-state index in [1.165, 1.54) is 0 Å². The maximum atomic E-state index is 5.92. The van der Waals surface area contributed by atoms with Crippen LogP contribution in [0.1, 0.15) is 0 Å². The van der Waals surface area contributed by atoms with E-state index in [0.717, 1.165) is 11.1 Å². The van der Waals surface area contributed by atoms with Gasteiger partial charge in [0.1, 0.15) is 0 Å². The van der Waals surface area contributed by atoms with Gasteiger partial charge in [-0.25, -0.2) is 0 Å². The second-order valence-electron chi connectivity index (χ2n) is 3.65. The average Bonchev–Trinajstić information content (AvgIpc) is 2.28. The van der Waals surface area contributed by atoms with Crippen molar-refractivity contribution in [2.24, 2.45) is 0 Å². The Bertz CT molecular complexity index is 523. The van der Waals surface area contributed by atoms with Gasteiger partial charge in [-0.2, -0.15) is 0 Å². The molecule has 2 aromatic rings. The minimum Gasteiger partial charge on any atom is -0.399 e. The molecule has 0 spiro atoms. The van der Waals surface area contributed by atoms with Crippen molar-refractivity contribution in [2.75, 3.05) is 22.9 Å². The van der Waals surface area contributed by atoms with Gasteiger partial charge in [-0.1, -0.05) is 18.2 Å². The summed E-state index contributed by atoms with van der Waals surface area (Å²) in [6.07, 6.45) is 0. The summed E-state index contributed by atoms with van der Waals surface area (Å²) in [5.41, 5.74) is 27.0. The smallest absolute Gasteiger partial charge is 0.0787 e. The number of nitrogens with two attached hydrogens (primary N) is 4. The van der Waals surface area contributed by atoms with Gasteiger partial charge in [0.2, 0.25) is 0 Å². The summed E-state index contributed by atoms with van der Waals surface area (Å²) in [7, 11) is 0. The molecule has 0 atom stereocenters. The van der Waals surface area contributed by atoms with Gasteiger partial charge >= 0.3 is 0 Å². The Morgan fingerprint density at radius 1 is 0.647 bits per heavy atom. The number of hydrogen-bond acceptors (Lipinski definition) is 4. The fourth-order valence-electron chi connectivity index (χ4n) is 1.57. The largest absolute Gasteiger partial charge is 0.399 e. The predicted molar refractivity (Wildman–Crippen MR) is 75.3 cm³/mol. The average molecular weight is 421 g/mol. The molecule has 0 aromatic heterocycles. The summed E-state index contributed by atoms with van der Waals surface area (Å²) >= 11 is 0. The summed E-state index contributed by atoms with van der Waals surface area (Å²) in [5, 5.41) is 0. The van der Waals surface area contributed by atoms with Crippen LogP contribution in [0.4, 0.5) is 22.7 Å². The molecule has 4 radical (unpaired) electrons. The fourth-order valence-corrected chi connectivity index (χ4v) is 1.57. The van der Waals surface area contributed by atoms with Crippen LogP contribution in [0, 0.1) is 0 Å². The van der Waals surface area contributed by atoms with Gasteiger partial charge in [0.25, 0.3) is 0 Å². The van der Waals surface area contributed by atoms with Crippen LogP contribution in [0.25, 0.3) is 11.1 Å². The molecular formula is C12H14N4Pb. The van der Waals surface area contributed by atoms with Gasteiger partial charge in [0.15, 0.2) is 0 Å². The van der Waals surface area contributed by atoms with Crippen LogP contribution < -0.4 is 22.9 Å². The van der Waals surface area contributed by atoms with E-state index < -0.39 is 0 Å². The fraction of sp³-hybridized carbons (Fsp3) is 0. The zero-order valence-electron chi connectivity index (χ0n) is 9.27. The van der Waals surface area contributed by atoms with Crippen LogP contribution >= 0.6 is 0 Å². The zero-order valence-corrected chi connectivity index (χ0v) is 13.2. The van der Waals surface area contributed by atoms with E-state index >= 15 is 0 Å². The molecular weight excluding hydrogens is 407 g/mol. The molecule has 17 heavy (non-hydrogen) atoms. The van der Waals surface area contributed by atoms with E-state index in [-0.39, 0.29) is 27.3 Å². The van der Waals surface area contributed by atoms with E-state index in [2.05, 4.69) is 0 Å². The molecule has 0 saturated carbocycles. The molecule has 4 nitrogen and oxygen atoms in total. The van der Waals surface area contributed by atoms with Crippen LogP contribution in [-0.2, 0) is 0 Å². The first-order valence-corrected chi connectivity index (χ1v) is 4.89. The molecule has 2 rings (SSSR count).